The molecule has 4 heteroatoms. The van der Waals surface area contributed by atoms with Crippen molar-refractivity contribution in [2.24, 2.45) is 5.73 Å². The first-order chi connectivity index (χ1) is 10.1. The van der Waals surface area contributed by atoms with Crippen LogP contribution in [-0.4, -0.2) is 11.9 Å². The van der Waals surface area contributed by atoms with Crippen LogP contribution in [0.25, 0.3) is 6.08 Å². The molecule has 0 aliphatic heterocycles. The Morgan fingerprint density at radius 1 is 1.05 bits per heavy atom. The van der Waals surface area contributed by atoms with Crippen molar-refractivity contribution in [1.29, 1.82) is 0 Å². The van der Waals surface area contributed by atoms with E-state index in [1.807, 2.05) is 30.3 Å². The Kier molecular flexibility index (Phi) is 4.88. The molecular formula is C17H15NO3. The molecule has 2 aromatic carbocycles. The molecule has 2 rings (SSSR count). The van der Waals surface area contributed by atoms with E-state index in [2.05, 4.69) is 0 Å². The molecule has 21 heavy (non-hydrogen) atoms. The number of hydrogen-bond donors (Lipinski definition) is 1. The molecule has 0 spiro atoms. The van der Waals surface area contributed by atoms with Gasteiger partial charge in [-0.15, -0.1) is 0 Å². The number of rotatable bonds is 5. The van der Waals surface area contributed by atoms with Gasteiger partial charge in [-0.05, 0) is 29.3 Å². The summed E-state index contributed by atoms with van der Waals surface area (Å²) in [5.41, 5.74) is 7.23. The Balaban J connectivity index is 1.93. The summed E-state index contributed by atoms with van der Waals surface area (Å²) in [4.78, 5) is 22.7. The molecule has 0 unspecified atom stereocenters. The van der Waals surface area contributed by atoms with Gasteiger partial charge in [0, 0.05) is 11.6 Å². The summed E-state index contributed by atoms with van der Waals surface area (Å²) in [5.74, 6) is -0.944. The van der Waals surface area contributed by atoms with Crippen molar-refractivity contribution in [3.05, 3.63) is 77.4 Å². The SMILES string of the molecule is NC(=O)c1cccc(C=CC(=O)OCc2ccccc2)c1. The van der Waals surface area contributed by atoms with Crippen LogP contribution >= 0.6 is 0 Å². The number of benzene rings is 2. The summed E-state index contributed by atoms with van der Waals surface area (Å²) < 4.78 is 5.11. The van der Waals surface area contributed by atoms with Gasteiger partial charge < -0.3 is 10.5 Å². The van der Waals surface area contributed by atoms with Crippen LogP contribution in [-0.2, 0) is 16.1 Å². The Morgan fingerprint density at radius 2 is 1.81 bits per heavy atom. The second kappa shape index (κ2) is 7.05. The summed E-state index contributed by atoms with van der Waals surface area (Å²) in [6.45, 7) is 0.228. The lowest BCUT2D eigenvalue weighted by molar-refractivity contribution is -0.138. The molecule has 2 N–H and O–H groups in total. The van der Waals surface area contributed by atoms with Gasteiger partial charge in [-0.25, -0.2) is 4.79 Å². The average molecular weight is 281 g/mol. The number of hydrogen-bond acceptors (Lipinski definition) is 3. The topological polar surface area (TPSA) is 69.4 Å². The summed E-state index contributed by atoms with van der Waals surface area (Å²) in [5, 5.41) is 0. The predicted octanol–water partition coefficient (Wildman–Crippen LogP) is 2.54. The fourth-order valence-electron chi connectivity index (χ4n) is 1.74. The van der Waals surface area contributed by atoms with Crippen molar-refractivity contribution < 1.29 is 14.3 Å². The predicted molar refractivity (Wildman–Crippen MR) is 80.2 cm³/mol. The summed E-state index contributed by atoms with van der Waals surface area (Å²) in [6.07, 6.45) is 2.91. The van der Waals surface area contributed by atoms with E-state index in [4.69, 9.17) is 10.5 Å². The normalized spacial score (nSPS) is 10.5. The Morgan fingerprint density at radius 3 is 2.52 bits per heavy atom. The van der Waals surface area contributed by atoms with Crippen molar-refractivity contribution in [2.45, 2.75) is 6.61 Å². The van der Waals surface area contributed by atoms with Crippen LogP contribution in [0.1, 0.15) is 21.5 Å². The molecule has 0 aliphatic carbocycles. The van der Waals surface area contributed by atoms with E-state index in [1.165, 1.54) is 6.08 Å². The summed E-state index contributed by atoms with van der Waals surface area (Å²) in [6, 6.07) is 16.1. The van der Waals surface area contributed by atoms with E-state index in [9.17, 15) is 9.59 Å². The number of amides is 1. The highest BCUT2D eigenvalue weighted by molar-refractivity contribution is 5.94. The highest BCUT2D eigenvalue weighted by atomic mass is 16.5. The Labute approximate surface area is 122 Å². The van der Waals surface area contributed by atoms with Gasteiger partial charge in [0.2, 0.25) is 5.91 Å². The standard InChI is InChI=1S/C17H15NO3/c18-17(20)15-8-4-7-13(11-15)9-10-16(19)21-12-14-5-2-1-3-6-14/h1-11H,12H2,(H2,18,20). The van der Waals surface area contributed by atoms with Crippen LogP contribution in [0, 0.1) is 0 Å². The molecule has 0 aliphatic rings. The number of carbonyl (C=O) groups excluding carboxylic acids is 2. The quantitative estimate of drug-likeness (QED) is 0.676. The smallest absolute Gasteiger partial charge is 0.331 e. The molecule has 4 nitrogen and oxygen atoms in total. The molecule has 106 valence electrons. The summed E-state index contributed by atoms with van der Waals surface area (Å²) >= 11 is 0. The van der Waals surface area contributed by atoms with Crippen LogP contribution in [0.15, 0.2) is 60.7 Å². The van der Waals surface area contributed by atoms with E-state index in [1.54, 1.807) is 30.3 Å². The fraction of sp³-hybridized carbons (Fsp3) is 0.0588. The summed E-state index contributed by atoms with van der Waals surface area (Å²) in [7, 11) is 0. The first-order valence-corrected chi connectivity index (χ1v) is 6.44. The minimum atomic E-state index is -0.503. The molecule has 0 atom stereocenters. The highest BCUT2D eigenvalue weighted by Gasteiger charge is 2.01. The lowest BCUT2D eigenvalue weighted by atomic mass is 10.1. The minimum Gasteiger partial charge on any atom is -0.458 e. The molecule has 0 heterocycles. The van der Waals surface area contributed by atoms with Gasteiger partial charge in [-0.2, -0.15) is 0 Å². The number of primary amides is 1. The molecule has 2 aromatic rings. The molecule has 0 fully saturated rings. The number of esters is 1. The third kappa shape index (κ3) is 4.62. The third-order valence-corrected chi connectivity index (χ3v) is 2.81. The first kappa shape index (κ1) is 14.5. The molecular weight excluding hydrogens is 266 g/mol. The average Bonchev–Trinajstić information content (AvgIpc) is 2.52. The highest BCUT2D eigenvalue weighted by Crippen LogP contribution is 2.07. The van der Waals surface area contributed by atoms with Gasteiger partial charge in [0.15, 0.2) is 0 Å². The third-order valence-electron chi connectivity index (χ3n) is 2.81. The van der Waals surface area contributed by atoms with Crippen LogP contribution in [0.3, 0.4) is 0 Å². The first-order valence-electron chi connectivity index (χ1n) is 6.44. The Bertz CT molecular complexity index is 663. The molecule has 0 saturated carbocycles. The zero-order valence-corrected chi connectivity index (χ0v) is 11.4. The van der Waals surface area contributed by atoms with Gasteiger partial charge in [-0.3, -0.25) is 4.79 Å². The largest absolute Gasteiger partial charge is 0.458 e. The van der Waals surface area contributed by atoms with Crippen LogP contribution in [0.4, 0.5) is 0 Å². The van der Waals surface area contributed by atoms with Gasteiger partial charge >= 0.3 is 5.97 Å². The second-order valence-electron chi connectivity index (χ2n) is 4.42. The molecule has 0 saturated heterocycles. The van der Waals surface area contributed by atoms with Crippen LogP contribution < -0.4 is 5.73 Å². The van der Waals surface area contributed by atoms with Crippen LogP contribution in [0.5, 0.6) is 0 Å². The molecule has 0 aromatic heterocycles. The van der Waals surface area contributed by atoms with Crippen molar-refractivity contribution in [3.8, 4) is 0 Å². The number of ether oxygens (including phenoxy) is 1. The molecule has 0 radical (unpaired) electrons. The van der Waals surface area contributed by atoms with Crippen LogP contribution in [0.2, 0.25) is 0 Å². The molecule has 0 bridgehead atoms. The second-order valence-corrected chi connectivity index (χ2v) is 4.42. The Hall–Kier alpha value is -2.88. The lowest BCUT2D eigenvalue weighted by Crippen LogP contribution is -2.10. The maximum atomic E-state index is 11.6. The van der Waals surface area contributed by atoms with Gasteiger partial charge in [-0.1, -0.05) is 42.5 Å². The number of carbonyl (C=O) groups is 2. The maximum absolute atomic E-state index is 11.6. The monoisotopic (exact) mass is 281 g/mol. The molecule has 1 amide bonds. The number of nitrogens with two attached hydrogens (primary N) is 1. The minimum absolute atomic E-state index is 0.228. The van der Waals surface area contributed by atoms with Crippen molar-refractivity contribution in [2.75, 3.05) is 0 Å². The zero-order chi connectivity index (χ0) is 15.1. The zero-order valence-electron chi connectivity index (χ0n) is 11.4. The van der Waals surface area contributed by atoms with Crippen molar-refractivity contribution >= 4 is 18.0 Å². The van der Waals surface area contributed by atoms with E-state index in [0.717, 1.165) is 5.56 Å². The van der Waals surface area contributed by atoms with E-state index in [0.29, 0.717) is 11.1 Å². The van der Waals surface area contributed by atoms with E-state index >= 15 is 0 Å². The lowest BCUT2D eigenvalue weighted by Gasteiger charge is -2.01. The van der Waals surface area contributed by atoms with E-state index < -0.39 is 11.9 Å². The van der Waals surface area contributed by atoms with Crippen molar-refractivity contribution in [1.82, 2.24) is 0 Å². The van der Waals surface area contributed by atoms with E-state index in [-0.39, 0.29) is 6.61 Å². The fourth-order valence-corrected chi connectivity index (χ4v) is 1.74. The van der Waals surface area contributed by atoms with Gasteiger partial charge in [0.05, 0.1) is 0 Å². The van der Waals surface area contributed by atoms with Crippen molar-refractivity contribution in [3.63, 3.8) is 0 Å². The maximum Gasteiger partial charge on any atom is 0.331 e. The van der Waals surface area contributed by atoms with Gasteiger partial charge in [0.1, 0.15) is 6.61 Å². The van der Waals surface area contributed by atoms with Gasteiger partial charge in [0.25, 0.3) is 0 Å².